The van der Waals surface area contributed by atoms with Gasteiger partial charge >= 0.3 is 0 Å². The molecule has 2 rings (SSSR count). The summed E-state index contributed by atoms with van der Waals surface area (Å²) in [4.78, 5) is 2.55. The van der Waals surface area contributed by atoms with Crippen molar-refractivity contribution >= 4 is 0 Å². The van der Waals surface area contributed by atoms with Crippen molar-refractivity contribution < 1.29 is 0 Å². The summed E-state index contributed by atoms with van der Waals surface area (Å²) in [6.45, 7) is 6.89. The van der Waals surface area contributed by atoms with Gasteiger partial charge in [0.2, 0.25) is 0 Å². The van der Waals surface area contributed by atoms with Crippen molar-refractivity contribution in [1.29, 1.82) is 0 Å². The number of aryl methyl sites for hydroxylation is 1. The lowest BCUT2D eigenvalue weighted by molar-refractivity contribution is 0.297. The van der Waals surface area contributed by atoms with E-state index in [4.69, 9.17) is 0 Å². The first-order chi connectivity index (χ1) is 8.28. The minimum Gasteiger partial charge on any atom is -0.310 e. The van der Waals surface area contributed by atoms with E-state index in [0.717, 1.165) is 6.54 Å². The zero-order valence-corrected chi connectivity index (χ0v) is 11.0. The minimum absolute atomic E-state index is 0.673. The van der Waals surface area contributed by atoms with Gasteiger partial charge in [-0.3, -0.25) is 4.68 Å². The molecule has 1 atom stereocenters. The van der Waals surface area contributed by atoms with Crippen LogP contribution in [0.3, 0.4) is 0 Å². The smallest absolute Gasteiger partial charge is 0.0534 e. The van der Waals surface area contributed by atoms with E-state index < -0.39 is 0 Å². The highest BCUT2D eigenvalue weighted by atomic mass is 15.2. The number of likely N-dealkylation sites (tertiary alicyclic amines) is 1. The molecule has 0 aliphatic carbocycles. The Balaban J connectivity index is 1.75. The Morgan fingerprint density at radius 3 is 3.00 bits per heavy atom. The van der Waals surface area contributed by atoms with Gasteiger partial charge in [-0.25, -0.2) is 0 Å². The van der Waals surface area contributed by atoms with Crippen molar-refractivity contribution in [2.24, 2.45) is 7.05 Å². The topological polar surface area (TPSA) is 33.1 Å². The predicted octanol–water partition coefficient (Wildman–Crippen LogP) is 1.38. The molecule has 1 aliphatic heterocycles. The fourth-order valence-corrected chi connectivity index (χ4v) is 2.50. The molecule has 0 aromatic carbocycles. The fourth-order valence-electron chi connectivity index (χ4n) is 2.50. The lowest BCUT2D eigenvalue weighted by atomic mass is 10.1. The molecular formula is C13H24N4. The zero-order chi connectivity index (χ0) is 12.1. The second kappa shape index (κ2) is 6.17. The number of aromatic nitrogens is 2. The van der Waals surface area contributed by atoms with Gasteiger partial charge in [0.1, 0.15) is 0 Å². The van der Waals surface area contributed by atoms with Crippen molar-refractivity contribution in [2.45, 2.75) is 38.8 Å². The third-order valence-corrected chi connectivity index (χ3v) is 3.62. The van der Waals surface area contributed by atoms with Crippen LogP contribution in [0.4, 0.5) is 0 Å². The number of hydrogen-bond acceptors (Lipinski definition) is 3. The van der Waals surface area contributed by atoms with E-state index in [1.807, 2.05) is 17.9 Å². The maximum atomic E-state index is 4.19. The summed E-state index contributed by atoms with van der Waals surface area (Å²) in [5.74, 6) is 0. The van der Waals surface area contributed by atoms with E-state index in [2.05, 4.69) is 28.4 Å². The summed E-state index contributed by atoms with van der Waals surface area (Å²) >= 11 is 0. The highest BCUT2D eigenvalue weighted by molar-refractivity contribution is 5.03. The van der Waals surface area contributed by atoms with E-state index in [1.54, 1.807) is 0 Å². The molecule has 1 N–H and O–H groups in total. The standard InChI is InChI=1S/C13H24N4/c1-3-17-7-4-5-13(6-8-17)14-9-12-10-15-16(2)11-12/h10-11,13-14H,3-9H2,1-2H3. The molecule has 1 aromatic heterocycles. The maximum absolute atomic E-state index is 4.19. The Bertz CT molecular complexity index is 334. The van der Waals surface area contributed by atoms with Crippen LogP contribution in [0.25, 0.3) is 0 Å². The summed E-state index contributed by atoms with van der Waals surface area (Å²) in [6.07, 6.45) is 7.92. The van der Waals surface area contributed by atoms with Gasteiger partial charge in [0.25, 0.3) is 0 Å². The fraction of sp³-hybridized carbons (Fsp3) is 0.769. The molecule has 0 saturated carbocycles. The normalized spacial score (nSPS) is 22.6. The Labute approximate surface area is 104 Å². The van der Waals surface area contributed by atoms with Crippen LogP contribution in [0.1, 0.15) is 31.7 Å². The molecule has 0 radical (unpaired) electrons. The lowest BCUT2D eigenvalue weighted by Gasteiger charge is -2.18. The maximum Gasteiger partial charge on any atom is 0.0534 e. The van der Waals surface area contributed by atoms with E-state index >= 15 is 0 Å². The van der Waals surface area contributed by atoms with Crippen LogP contribution in [0, 0.1) is 0 Å². The summed E-state index contributed by atoms with van der Waals surface area (Å²) in [5, 5.41) is 7.85. The summed E-state index contributed by atoms with van der Waals surface area (Å²) in [5.41, 5.74) is 1.28. The molecule has 17 heavy (non-hydrogen) atoms. The van der Waals surface area contributed by atoms with Gasteiger partial charge in [-0.05, 0) is 38.9 Å². The quantitative estimate of drug-likeness (QED) is 0.857. The molecule has 96 valence electrons. The number of nitrogens with one attached hydrogen (secondary N) is 1. The highest BCUT2D eigenvalue weighted by Gasteiger charge is 2.15. The van der Waals surface area contributed by atoms with Gasteiger partial charge in [0.15, 0.2) is 0 Å². The Hall–Kier alpha value is -0.870. The molecular weight excluding hydrogens is 212 g/mol. The van der Waals surface area contributed by atoms with Crippen LogP contribution in [0.2, 0.25) is 0 Å². The molecule has 1 saturated heterocycles. The molecule has 4 nitrogen and oxygen atoms in total. The molecule has 0 amide bonds. The lowest BCUT2D eigenvalue weighted by Crippen LogP contribution is -2.30. The van der Waals surface area contributed by atoms with Gasteiger partial charge in [0, 0.05) is 31.4 Å². The molecule has 1 unspecified atom stereocenters. The third-order valence-electron chi connectivity index (χ3n) is 3.62. The minimum atomic E-state index is 0.673. The van der Waals surface area contributed by atoms with E-state index in [1.165, 1.54) is 44.5 Å². The number of rotatable bonds is 4. The van der Waals surface area contributed by atoms with Crippen LogP contribution in [0.5, 0.6) is 0 Å². The van der Waals surface area contributed by atoms with Crippen molar-refractivity contribution in [1.82, 2.24) is 20.0 Å². The number of nitrogens with zero attached hydrogens (tertiary/aromatic N) is 3. The third kappa shape index (κ3) is 3.82. The Morgan fingerprint density at radius 2 is 2.29 bits per heavy atom. The first kappa shape index (κ1) is 12.6. The van der Waals surface area contributed by atoms with Crippen LogP contribution in [0.15, 0.2) is 12.4 Å². The van der Waals surface area contributed by atoms with Crippen molar-refractivity contribution in [2.75, 3.05) is 19.6 Å². The molecule has 0 bridgehead atoms. The van der Waals surface area contributed by atoms with Gasteiger partial charge in [-0.15, -0.1) is 0 Å². The van der Waals surface area contributed by atoms with Crippen molar-refractivity contribution in [3.8, 4) is 0 Å². The Kier molecular flexibility index (Phi) is 4.57. The SMILES string of the molecule is CCN1CCCC(NCc2cnn(C)c2)CC1. The monoisotopic (exact) mass is 236 g/mol. The second-order valence-corrected chi connectivity index (χ2v) is 4.97. The largest absolute Gasteiger partial charge is 0.310 e. The summed E-state index contributed by atoms with van der Waals surface area (Å²) in [6, 6.07) is 0.673. The van der Waals surface area contributed by atoms with Gasteiger partial charge in [-0.1, -0.05) is 6.92 Å². The van der Waals surface area contributed by atoms with E-state index in [9.17, 15) is 0 Å². The van der Waals surface area contributed by atoms with Crippen LogP contribution in [-0.4, -0.2) is 40.4 Å². The van der Waals surface area contributed by atoms with Crippen LogP contribution < -0.4 is 5.32 Å². The predicted molar refractivity (Wildman–Crippen MR) is 69.8 cm³/mol. The summed E-state index contributed by atoms with van der Waals surface area (Å²) in [7, 11) is 1.97. The first-order valence-corrected chi connectivity index (χ1v) is 6.71. The van der Waals surface area contributed by atoms with Gasteiger partial charge in [0.05, 0.1) is 6.20 Å². The van der Waals surface area contributed by atoms with E-state index in [-0.39, 0.29) is 0 Å². The Morgan fingerprint density at radius 1 is 1.41 bits per heavy atom. The van der Waals surface area contributed by atoms with E-state index in [0.29, 0.717) is 6.04 Å². The molecule has 1 fully saturated rings. The average molecular weight is 236 g/mol. The average Bonchev–Trinajstić information content (AvgIpc) is 2.63. The molecule has 1 aliphatic rings. The van der Waals surface area contributed by atoms with Gasteiger partial charge < -0.3 is 10.2 Å². The zero-order valence-electron chi connectivity index (χ0n) is 11.0. The molecule has 2 heterocycles. The van der Waals surface area contributed by atoms with Gasteiger partial charge in [-0.2, -0.15) is 5.10 Å². The van der Waals surface area contributed by atoms with Crippen molar-refractivity contribution in [3.63, 3.8) is 0 Å². The molecule has 4 heteroatoms. The highest BCUT2D eigenvalue weighted by Crippen LogP contribution is 2.11. The first-order valence-electron chi connectivity index (χ1n) is 6.71. The van der Waals surface area contributed by atoms with Crippen LogP contribution >= 0.6 is 0 Å². The molecule has 0 spiro atoms. The number of hydrogen-bond donors (Lipinski definition) is 1. The second-order valence-electron chi connectivity index (χ2n) is 4.97. The van der Waals surface area contributed by atoms with Crippen molar-refractivity contribution in [3.05, 3.63) is 18.0 Å². The van der Waals surface area contributed by atoms with Crippen LogP contribution in [-0.2, 0) is 13.6 Å². The molecule has 1 aromatic rings. The summed E-state index contributed by atoms with van der Waals surface area (Å²) < 4.78 is 1.86.